The predicted molar refractivity (Wildman–Crippen MR) is 54.8 cm³/mol. The minimum Gasteiger partial charge on any atom is -0.434 e. The summed E-state index contributed by atoms with van der Waals surface area (Å²) >= 11 is 5.21. The fraction of sp³-hybridized carbons (Fsp3) is 0.300. The number of hydrogen-bond acceptors (Lipinski definition) is 3. The molecule has 0 unspecified atom stereocenters. The monoisotopic (exact) mass is 304 g/mol. The number of hydrogen-bond donors (Lipinski definition) is 0. The van der Waals surface area contributed by atoms with Crippen molar-refractivity contribution in [1.29, 1.82) is 0 Å². The molecule has 0 saturated carbocycles. The van der Waals surface area contributed by atoms with Crippen LogP contribution in [0.15, 0.2) is 18.2 Å². The molecule has 0 aliphatic heterocycles. The zero-order chi connectivity index (χ0) is 14.6. The summed E-state index contributed by atoms with van der Waals surface area (Å²) < 4.78 is 68.1. The van der Waals surface area contributed by atoms with Gasteiger partial charge in [0.05, 0.1) is 5.88 Å². The molecule has 0 atom stereocenters. The van der Waals surface area contributed by atoms with Gasteiger partial charge in [-0.1, -0.05) is 6.07 Å². The van der Waals surface area contributed by atoms with Gasteiger partial charge in [0.2, 0.25) is 0 Å². The Bertz CT molecular complexity index is 461. The number of carbonyl (C=O) groups is 1. The van der Waals surface area contributed by atoms with E-state index in [0.717, 1.165) is 18.2 Å². The lowest BCUT2D eigenvalue weighted by Crippen LogP contribution is -2.20. The third kappa shape index (κ3) is 4.55. The van der Waals surface area contributed by atoms with Crippen LogP contribution in [-0.4, -0.2) is 24.6 Å². The Morgan fingerprint density at radius 2 is 1.84 bits per heavy atom. The topological polar surface area (TPSA) is 35.5 Å². The second-order valence-corrected chi connectivity index (χ2v) is 3.38. The summed E-state index contributed by atoms with van der Waals surface area (Å²) in [5.41, 5.74) is -0.782. The Kier molecular flexibility index (Phi) is 4.93. The van der Waals surface area contributed by atoms with Gasteiger partial charge in [0.15, 0.2) is 5.78 Å². The summed E-state index contributed by atoms with van der Waals surface area (Å²) in [5.74, 6) is -3.42. The van der Waals surface area contributed by atoms with Gasteiger partial charge in [-0.2, -0.15) is 8.78 Å². The van der Waals surface area contributed by atoms with Gasteiger partial charge in [0.1, 0.15) is 17.1 Å². The van der Waals surface area contributed by atoms with Crippen LogP contribution < -0.4 is 9.47 Å². The summed E-state index contributed by atoms with van der Waals surface area (Å²) in [6.07, 6.45) is -5.08. The highest BCUT2D eigenvalue weighted by molar-refractivity contribution is 6.31. The average Bonchev–Trinajstić information content (AvgIpc) is 2.25. The highest BCUT2D eigenvalue weighted by Gasteiger charge is 2.34. The Labute approximate surface area is 108 Å². The van der Waals surface area contributed by atoms with Crippen LogP contribution in [0.1, 0.15) is 10.4 Å². The predicted octanol–water partition coefficient (Wildman–Crippen LogP) is 3.61. The summed E-state index contributed by atoms with van der Waals surface area (Å²) in [5, 5.41) is 0. The molecule has 0 aliphatic carbocycles. The van der Waals surface area contributed by atoms with Crippen molar-refractivity contribution >= 4 is 17.4 Å². The number of benzene rings is 1. The van der Waals surface area contributed by atoms with Crippen molar-refractivity contribution in [1.82, 2.24) is 0 Å². The quantitative estimate of drug-likeness (QED) is 0.473. The molecule has 0 heterocycles. The minimum absolute atomic E-state index is 0.710. The third-order valence-electron chi connectivity index (χ3n) is 1.83. The molecule has 19 heavy (non-hydrogen) atoms. The molecule has 0 aromatic heterocycles. The van der Waals surface area contributed by atoms with Crippen LogP contribution in [-0.2, 0) is 0 Å². The zero-order valence-electron chi connectivity index (χ0n) is 9.01. The van der Waals surface area contributed by atoms with E-state index in [0.29, 0.717) is 0 Å². The maximum absolute atomic E-state index is 12.1. The Morgan fingerprint density at radius 1 is 1.26 bits per heavy atom. The Balaban J connectivity index is 3.26. The van der Waals surface area contributed by atoms with Crippen LogP contribution >= 0.6 is 11.6 Å². The summed E-state index contributed by atoms with van der Waals surface area (Å²) in [6.45, 7) is -3.30. The first-order chi connectivity index (χ1) is 8.74. The second kappa shape index (κ2) is 6.05. The molecule has 0 spiro atoms. The molecular formula is C10H6ClF5O3. The number of Topliss-reactive ketones (excluding diaryl/α,β-unsaturated/α-hetero) is 1. The zero-order valence-corrected chi connectivity index (χ0v) is 9.76. The van der Waals surface area contributed by atoms with Gasteiger partial charge in [-0.15, -0.1) is 24.8 Å². The first kappa shape index (κ1) is 15.5. The Hall–Kier alpha value is -1.57. The van der Waals surface area contributed by atoms with E-state index in [1.165, 1.54) is 0 Å². The van der Waals surface area contributed by atoms with E-state index in [9.17, 15) is 26.7 Å². The van der Waals surface area contributed by atoms with E-state index in [-0.39, 0.29) is 0 Å². The van der Waals surface area contributed by atoms with Crippen LogP contribution in [0.5, 0.6) is 11.5 Å². The molecule has 0 amide bonds. The van der Waals surface area contributed by atoms with Crippen LogP contribution in [0.25, 0.3) is 0 Å². The SMILES string of the molecule is O=C(CCl)c1c(OC(F)F)cccc1OC(F)(F)F. The van der Waals surface area contributed by atoms with Gasteiger partial charge in [0.25, 0.3) is 0 Å². The molecule has 0 bridgehead atoms. The molecule has 0 N–H and O–H groups in total. The van der Waals surface area contributed by atoms with Gasteiger partial charge in [-0.3, -0.25) is 4.79 Å². The van der Waals surface area contributed by atoms with Crippen LogP contribution in [0.3, 0.4) is 0 Å². The minimum atomic E-state index is -5.08. The van der Waals surface area contributed by atoms with E-state index in [2.05, 4.69) is 9.47 Å². The fourth-order valence-electron chi connectivity index (χ4n) is 1.26. The molecule has 106 valence electrons. The van der Waals surface area contributed by atoms with E-state index >= 15 is 0 Å². The molecule has 0 aliphatic rings. The van der Waals surface area contributed by atoms with Crippen LogP contribution in [0, 0.1) is 0 Å². The van der Waals surface area contributed by atoms with Gasteiger partial charge in [-0.05, 0) is 12.1 Å². The molecule has 3 nitrogen and oxygen atoms in total. The maximum Gasteiger partial charge on any atom is 0.573 e. The number of alkyl halides is 6. The van der Waals surface area contributed by atoms with Crippen molar-refractivity contribution in [3.8, 4) is 11.5 Å². The van der Waals surface area contributed by atoms with E-state index in [1.54, 1.807) is 0 Å². The number of ketones is 1. The summed E-state index contributed by atoms with van der Waals surface area (Å²) in [6, 6.07) is 2.69. The molecule has 9 heteroatoms. The molecular weight excluding hydrogens is 299 g/mol. The van der Waals surface area contributed by atoms with E-state index in [4.69, 9.17) is 11.6 Å². The van der Waals surface area contributed by atoms with E-state index in [1.807, 2.05) is 0 Å². The number of carbonyl (C=O) groups excluding carboxylic acids is 1. The molecule has 0 fully saturated rings. The molecule has 1 aromatic carbocycles. The van der Waals surface area contributed by atoms with Gasteiger partial charge in [0, 0.05) is 0 Å². The molecule has 1 rings (SSSR count). The number of ether oxygens (including phenoxy) is 2. The lowest BCUT2D eigenvalue weighted by molar-refractivity contribution is -0.274. The lowest BCUT2D eigenvalue weighted by Gasteiger charge is -2.15. The second-order valence-electron chi connectivity index (χ2n) is 3.11. The van der Waals surface area contributed by atoms with Gasteiger partial charge >= 0.3 is 13.0 Å². The fourth-order valence-corrected chi connectivity index (χ4v) is 1.39. The Morgan fingerprint density at radius 3 is 2.32 bits per heavy atom. The van der Waals surface area contributed by atoms with Crippen molar-refractivity contribution in [2.24, 2.45) is 0 Å². The summed E-state index contributed by atoms with van der Waals surface area (Å²) in [7, 11) is 0. The highest BCUT2D eigenvalue weighted by Crippen LogP contribution is 2.33. The van der Waals surface area contributed by atoms with Crippen molar-refractivity contribution < 1.29 is 36.2 Å². The summed E-state index contributed by atoms with van der Waals surface area (Å²) in [4.78, 5) is 11.4. The maximum atomic E-state index is 12.1. The van der Waals surface area contributed by atoms with Crippen LogP contribution in [0.2, 0.25) is 0 Å². The highest BCUT2D eigenvalue weighted by atomic mass is 35.5. The number of halogens is 6. The molecule has 0 saturated heterocycles. The largest absolute Gasteiger partial charge is 0.573 e. The van der Waals surface area contributed by atoms with Crippen molar-refractivity contribution in [2.75, 3.05) is 5.88 Å². The first-order valence-corrected chi connectivity index (χ1v) is 5.20. The normalized spacial score (nSPS) is 11.5. The molecule has 1 aromatic rings. The molecule has 0 radical (unpaired) electrons. The standard InChI is InChI=1S/C10H6ClF5O3/c11-4-5(17)8-6(18-9(12)13)2-1-3-7(8)19-10(14,15)16/h1-3,9H,4H2. The number of rotatable bonds is 5. The average molecular weight is 305 g/mol. The van der Waals surface area contributed by atoms with Gasteiger partial charge in [-0.25, -0.2) is 0 Å². The van der Waals surface area contributed by atoms with Crippen molar-refractivity contribution in [3.05, 3.63) is 23.8 Å². The van der Waals surface area contributed by atoms with Gasteiger partial charge < -0.3 is 9.47 Å². The van der Waals surface area contributed by atoms with Crippen LogP contribution in [0.4, 0.5) is 22.0 Å². The smallest absolute Gasteiger partial charge is 0.434 e. The lowest BCUT2D eigenvalue weighted by atomic mass is 10.1. The first-order valence-electron chi connectivity index (χ1n) is 4.67. The van der Waals surface area contributed by atoms with E-state index < -0.39 is 41.7 Å². The van der Waals surface area contributed by atoms with Crippen molar-refractivity contribution in [2.45, 2.75) is 13.0 Å². The third-order valence-corrected chi connectivity index (χ3v) is 2.07. The van der Waals surface area contributed by atoms with Crippen molar-refractivity contribution in [3.63, 3.8) is 0 Å².